The minimum atomic E-state index is -6.28. The molecule has 0 unspecified atom stereocenters. The zero-order chi connectivity index (χ0) is 7.71. The number of hydrogen-bond acceptors (Lipinski definition) is 5. The fraction of sp³-hybridized carbons (Fsp3) is 0. The van der Waals surface area contributed by atoms with Crippen molar-refractivity contribution in [2.75, 3.05) is 0 Å². The molecule has 0 aliphatic heterocycles. The summed E-state index contributed by atoms with van der Waals surface area (Å²) in [5.41, 5.74) is 0. The predicted molar refractivity (Wildman–Crippen MR) is 20.3 cm³/mol. The molecule has 0 heterocycles. The van der Waals surface area contributed by atoms with Gasteiger partial charge >= 0.3 is 80.0 Å². The summed E-state index contributed by atoms with van der Waals surface area (Å²) in [5, 5.41) is 0. The van der Waals surface area contributed by atoms with E-state index in [1.165, 1.54) is 0 Å². The minimum absolute atomic E-state index is 0. The zero-order valence-electron chi connectivity index (χ0n) is 4.37. The van der Waals surface area contributed by atoms with Crippen LogP contribution in [-0.4, -0.2) is 37.1 Å². The molecule has 0 amide bonds. The van der Waals surface area contributed by atoms with Crippen LogP contribution in [0.1, 0.15) is 0 Å². The predicted octanol–water partition coefficient (Wildman–Crippen LogP) is -2.25. The molecule has 0 fully saturated rings. The standard InChI is InChI=1S/Mo.H3O4P.3O.Tl/c;1-5(2,3)4;;;;/h;(H3,1,2,3,4);;;;/q+1;;;;-1;+1/p-1. The molecule has 2 N–H and O–H groups in total. The third-order valence-corrected chi connectivity index (χ3v) is 3.34. The number of rotatable bonds is 2. The van der Waals surface area contributed by atoms with Crippen molar-refractivity contribution in [1.29, 1.82) is 0 Å². The molecular formula is H2MoO7PTl. The van der Waals surface area contributed by atoms with E-state index < -0.39 is 24.6 Å². The summed E-state index contributed by atoms with van der Waals surface area (Å²) in [7, 11) is -5.14. The average Bonchev–Trinajstić information content (AvgIpc) is 1.14. The van der Waals surface area contributed by atoms with E-state index in [2.05, 4.69) is 3.18 Å². The van der Waals surface area contributed by atoms with E-state index in [1.54, 1.807) is 0 Å². The van der Waals surface area contributed by atoms with Gasteiger partial charge < -0.3 is 0 Å². The van der Waals surface area contributed by atoms with Gasteiger partial charge in [0.2, 0.25) is 0 Å². The van der Waals surface area contributed by atoms with Crippen LogP contribution in [0.3, 0.4) is 0 Å². The Kier molecular flexibility index (Phi) is 6.01. The maximum Gasteiger partial charge on any atom is 1.00 e. The summed E-state index contributed by atoms with van der Waals surface area (Å²) in [6.45, 7) is 0. The normalized spacial score (nSPS) is 12.3. The van der Waals surface area contributed by atoms with Crippen molar-refractivity contribution in [3.63, 3.8) is 0 Å². The van der Waals surface area contributed by atoms with Gasteiger partial charge in [0.05, 0.1) is 0 Å². The van der Waals surface area contributed by atoms with Crippen LogP contribution in [-0.2, 0) is 31.3 Å². The van der Waals surface area contributed by atoms with Gasteiger partial charge in [0.25, 0.3) is 0 Å². The quantitative estimate of drug-likeness (QED) is 0.364. The van der Waals surface area contributed by atoms with Crippen LogP contribution in [0.4, 0.5) is 0 Å². The monoisotopic (exact) mass is 448 g/mol. The summed E-state index contributed by atoms with van der Waals surface area (Å²) in [6, 6.07) is 0. The molecule has 0 aromatic rings. The van der Waals surface area contributed by atoms with E-state index in [1.807, 2.05) is 0 Å². The first-order chi connectivity index (χ1) is 3.71. The summed E-state index contributed by atoms with van der Waals surface area (Å²) < 4.78 is 40.8. The molecule has 0 aromatic carbocycles. The molecular weight excluding hydrogens is 443 g/mol. The van der Waals surface area contributed by atoms with Crippen molar-refractivity contribution < 1.29 is 44.8 Å². The van der Waals surface area contributed by atoms with Crippen LogP contribution in [0.15, 0.2) is 0 Å². The summed E-state index contributed by atoms with van der Waals surface area (Å²) in [6.07, 6.45) is 0. The molecule has 7 nitrogen and oxygen atoms in total. The second kappa shape index (κ2) is 4.34. The average molecular weight is 445 g/mol. The SMILES string of the molecule is O=P(O)(O)[O][Mo](=[O])(=[O])[O-].[Tl+]. The van der Waals surface area contributed by atoms with E-state index in [0.29, 0.717) is 0 Å². The fourth-order valence-electron chi connectivity index (χ4n) is 0.119. The molecule has 0 bridgehead atoms. The van der Waals surface area contributed by atoms with Gasteiger partial charge in [0.15, 0.2) is 0 Å². The third kappa shape index (κ3) is 12.0. The van der Waals surface area contributed by atoms with Crippen molar-refractivity contribution in [2.24, 2.45) is 0 Å². The summed E-state index contributed by atoms with van der Waals surface area (Å²) in [5.74, 6) is 0. The van der Waals surface area contributed by atoms with Crippen LogP contribution < -0.4 is 3.76 Å². The first-order valence-corrected chi connectivity index (χ1v) is 6.24. The molecule has 0 rings (SSSR count). The Morgan fingerprint density at radius 2 is 1.70 bits per heavy atom. The number of hydrogen-bond donors (Lipinski definition) is 2. The van der Waals surface area contributed by atoms with Gasteiger partial charge in [0, 0.05) is 0 Å². The topological polar surface area (TPSA) is 124 Å². The van der Waals surface area contributed by atoms with E-state index >= 15 is 0 Å². The molecule has 0 saturated carbocycles. The maximum atomic E-state index is 9.57. The molecule has 0 saturated heterocycles. The Morgan fingerprint density at radius 1 is 1.40 bits per heavy atom. The van der Waals surface area contributed by atoms with Crippen molar-refractivity contribution >= 4 is 35.1 Å². The molecule has 10 heteroatoms. The molecule has 58 valence electrons. The number of phosphoric acid groups is 1. The van der Waals surface area contributed by atoms with Crippen LogP contribution in [0, 0.1) is 0 Å². The van der Waals surface area contributed by atoms with Crippen LogP contribution >= 0.6 is 7.82 Å². The molecule has 0 radical (unpaired) electrons. The van der Waals surface area contributed by atoms with E-state index in [9.17, 15) is 15.1 Å². The van der Waals surface area contributed by atoms with E-state index in [4.69, 9.17) is 9.79 Å². The molecule has 0 aliphatic rings. The summed E-state index contributed by atoms with van der Waals surface area (Å²) >= 11 is -6.28. The first kappa shape index (κ1) is 13.8. The van der Waals surface area contributed by atoms with E-state index in [0.717, 1.165) is 0 Å². The minimum Gasteiger partial charge on any atom is 1.00 e. The zero-order valence-corrected chi connectivity index (χ0v) is 11.8. The largest absolute Gasteiger partial charge is 1.00 e. The molecule has 0 atom stereocenters. The second-order valence-electron chi connectivity index (χ2n) is 0.973. The van der Waals surface area contributed by atoms with Gasteiger partial charge in [-0.1, -0.05) is 0 Å². The van der Waals surface area contributed by atoms with Crippen LogP contribution in [0.2, 0.25) is 0 Å². The van der Waals surface area contributed by atoms with Gasteiger partial charge in [-0.3, -0.25) is 0 Å². The van der Waals surface area contributed by atoms with Crippen molar-refractivity contribution in [3.8, 4) is 0 Å². The van der Waals surface area contributed by atoms with Crippen molar-refractivity contribution in [3.05, 3.63) is 0 Å². The molecule has 0 aromatic heterocycles. The van der Waals surface area contributed by atoms with Crippen molar-refractivity contribution in [2.45, 2.75) is 0 Å². The Hall–Kier alpha value is 1.28. The smallest absolute Gasteiger partial charge is 1.00 e. The van der Waals surface area contributed by atoms with Crippen molar-refractivity contribution in [1.82, 2.24) is 0 Å². The summed E-state index contributed by atoms with van der Waals surface area (Å²) in [4.78, 5) is 15.4. The maximum absolute atomic E-state index is 9.57. The Labute approximate surface area is 79.5 Å². The Balaban J connectivity index is 0. The van der Waals surface area contributed by atoms with Gasteiger partial charge in [-0.2, -0.15) is 0 Å². The van der Waals surface area contributed by atoms with Crippen LogP contribution in [0.25, 0.3) is 0 Å². The Morgan fingerprint density at radius 3 is 1.70 bits per heavy atom. The van der Waals surface area contributed by atoms with Gasteiger partial charge in [0.1, 0.15) is 0 Å². The second-order valence-corrected chi connectivity index (χ2v) is 5.21. The third-order valence-electron chi connectivity index (χ3n) is 0.188. The molecule has 0 aliphatic carbocycles. The van der Waals surface area contributed by atoms with Gasteiger partial charge in [-0.05, 0) is 0 Å². The van der Waals surface area contributed by atoms with Gasteiger partial charge in [-0.15, -0.1) is 0 Å². The fourth-order valence-corrected chi connectivity index (χ4v) is 2.11. The molecule has 0 spiro atoms. The van der Waals surface area contributed by atoms with Gasteiger partial charge in [-0.25, -0.2) is 0 Å². The Bertz CT molecular complexity index is 220. The molecule has 10 heavy (non-hydrogen) atoms. The van der Waals surface area contributed by atoms with Crippen LogP contribution in [0.5, 0.6) is 0 Å². The van der Waals surface area contributed by atoms with E-state index in [-0.39, 0.29) is 27.3 Å². The first-order valence-electron chi connectivity index (χ1n) is 1.43.